The fraction of sp³-hybridized carbons (Fsp3) is 0.837. The Bertz CT molecular complexity index is 1190. The SMILES string of the molecule is CCCCCc1oc(CCCCC(=O)OC2CCC3(C)C(=CCC4C3CCC3(C)C(C(C)CCCC(C)C)CCC43)C2)c(C)c1C. The number of hydrogen-bond donors (Lipinski definition) is 0. The van der Waals surface area contributed by atoms with E-state index in [0.29, 0.717) is 17.3 Å². The monoisotopic (exact) mass is 635 g/mol. The molecule has 8 unspecified atom stereocenters. The topological polar surface area (TPSA) is 39.4 Å². The number of furan rings is 1. The molecule has 1 heterocycles. The third kappa shape index (κ3) is 7.54. The summed E-state index contributed by atoms with van der Waals surface area (Å²) in [5.41, 5.74) is 5.11. The molecule has 0 spiro atoms. The van der Waals surface area contributed by atoms with Crippen molar-refractivity contribution in [1.82, 2.24) is 0 Å². The van der Waals surface area contributed by atoms with Gasteiger partial charge in [0.05, 0.1) is 0 Å². The van der Waals surface area contributed by atoms with Crippen LogP contribution in [0.25, 0.3) is 0 Å². The highest BCUT2D eigenvalue weighted by atomic mass is 16.5. The Balaban J connectivity index is 1.09. The van der Waals surface area contributed by atoms with Gasteiger partial charge >= 0.3 is 5.97 Å². The molecule has 1 aromatic heterocycles. The molecular formula is C43H70O3. The lowest BCUT2D eigenvalue weighted by Gasteiger charge is -2.58. The molecule has 260 valence electrons. The van der Waals surface area contributed by atoms with Gasteiger partial charge in [0, 0.05) is 25.7 Å². The lowest BCUT2D eigenvalue weighted by atomic mass is 9.47. The highest BCUT2D eigenvalue weighted by Crippen LogP contribution is 2.67. The molecule has 0 amide bonds. The van der Waals surface area contributed by atoms with E-state index in [1.54, 1.807) is 5.57 Å². The molecule has 3 heteroatoms. The summed E-state index contributed by atoms with van der Waals surface area (Å²) in [6.45, 7) is 19.3. The maximum Gasteiger partial charge on any atom is 0.306 e. The van der Waals surface area contributed by atoms with Crippen molar-refractivity contribution in [2.75, 3.05) is 0 Å². The van der Waals surface area contributed by atoms with Crippen molar-refractivity contribution in [3.8, 4) is 0 Å². The van der Waals surface area contributed by atoms with Crippen LogP contribution in [0.1, 0.15) is 173 Å². The first-order chi connectivity index (χ1) is 22.0. The Morgan fingerprint density at radius 1 is 0.891 bits per heavy atom. The van der Waals surface area contributed by atoms with Gasteiger partial charge in [-0.1, -0.05) is 85.3 Å². The molecule has 0 aromatic carbocycles. The van der Waals surface area contributed by atoms with Gasteiger partial charge in [0.1, 0.15) is 17.6 Å². The molecule has 46 heavy (non-hydrogen) atoms. The lowest BCUT2D eigenvalue weighted by Crippen LogP contribution is -2.51. The number of rotatable bonds is 15. The second-order valence-corrected chi connectivity index (χ2v) is 17.5. The minimum Gasteiger partial charge on any atom is -0.466 e. The summed E-state index contributed by atoms with van der Waals surface area (Å²) in [6.07, 6.45) is 25.1. The molecule has 3 saturated carbocycles. The molecule has 0 radical (unpaired) electrons. The molecule has 0 N–H and O–H groups in total. The van der Waals surface area contributed by atoms with Gasteiger partial charge in [0.2, 0.25) is 0 Å². The van der Waals surface area contributed by atoms with Gasteiger partial charge in [0.25, 0.3) is 0 Å². The molecule has 0 saturated heterocycles. The predicted octanol–water partition coefficient (Wildman–Crippen LogP) is 12.3. The number of aryl methyl sites for hydroxylation is 2. The number of fused-ring (bicyclic) bond motifs is 5. The third-order valence-corrected chi connectivity index (χ3v) is 14.2. The van der Waals surface area contributed by atoms with Gasteiger partial charge in [-0.2, -0.15) is 0 Å². The Kier molecular flexibility index (Phi) is 12.0. The zero-order valence-electron chi connectivity index (χ0n) is 31.3. The molecule has 1 aromatic rings. The summed E-state index contributed by atoms with van der Waals surface area (Å²) in [4.78, 5) is 12.9. The van der Waals surface area contributed by atoms with E-state index in [-0.39, 0.29) is 12.1 Å². The summed E-state index contributed by atoms with van der Waals surface area (Å²) >= 11 is 0. The van der Waals surface area contributed by atoms with E-state index < -0.39 is 0 Å². The van der Waals surface area contributed by atoms with Crippen molar-refractivity contribution in [2.45, 2.75) is 183 Å². The number of ether oxygens (including phenoxy) is 1. The summed E-state index contributed by atoms with van der Waals surface area (Å²) < 4.78 is 12.4. The second-order valence-electron chi connectivity index (χ2n) is 17.5. The van der Waals surface area contributed by atoms with Crippen LogP contribution in [0, 0.1) is 60.2 Å². The van der Waals surface area contributed by atoms with Crippen molar-refractivity contribution in [3.63, 3.8) is 0 Å². The van der Waals surface area contributed by atoms with E-state index in [9.17, 15) is 4.79 Å². The number of carbonyl (C=O) groups excluding carboxylic acids is 1. The normalized spacial score (nSPS) is 32.9. The van der Waals surface area contributed by atoms with E-state index in [0.717, 1.165) is 79.8 Å². The maximum absolute atomic E-state index is 12.9. The summed E-state index contributed by atoms with van der Waals surface area (Å²) in [5.74, 6) is 7.48. The van der Waals surface area contributed by atoms with Gasteiger partial charge in [-0.3, -0.25) is 4.79 Å². The van der Waals surface area contributed by atoms with Crippen molar-refractivity contribution in [1.29, 1.82) is 0 Å². The van der Waals surface area contributed by atoms with E-state index in [4.69, 9.17) is 9.15 Å². The highest BCUT2D eigenvalue weighted by Gasteiger charge is 2.59. The summed E-state index contributed by atoms with van der Waals surface area (Å²) in [5, 5.41) is 0. The van der Waals surface area contributed by atoms with Crippen LogP contribution in [0.5, 0.6) is 0 Å². The molecule has 3 nitrogen and oxygen atoms in total. The van der Waals surface area contributed by atoms with Crippen molar-refractivity contribution < 1.29 is 13.9 Å². The van der Waals surface area contributed by atoms with E-state index in [1.807, 2.05) is 0 Å². The molecule has 3 fully saturated rings. The van der Waals surface area contributed by atoms with Crippen LogP contribution in [-0.2, 0) is 22.4 Å². The third-order valence-electron chi connectivity index (χ3n) is 14.2. The molecule has 4 aliphatic rings. The van der Waals surface area contributed by atoms with Gasteiger partial charge in [-0.05, 0) is 136 Å². The van der Waals surface area contributed by atoms with Crippen molar-refractivity contribution in [2.24, 2.45) is 46.3 Å². The van der Waals surface area contributed by atoms with Crippen LogP contribution >= 0.6 is 0 Å². The molecule has 4 aliphatic carbocycles. The zero-order valence-corrected chi connectivity index (χ0v) is 31.3. The summed E-state index contributed by atoms with van der Waals surface area (Å²) in [7, 11) is 0. The smallest absolute Gasteiger partial charge is 0.306 e. The van der Waals surface area contributed by atoms with Crippen molar-refractivity contribution in [3.05, 3.63) is 34.3 Å². The van der Waals surface area contributed by atoms with Crippen LogP contribution in [0.2, 0.25) is 0 Å². The minimum atomic E-state index is 0.00318. The minimum absolute atomic E-state index is 0.00318. The van der Waals surface area contributed by atoms with Crippen LogP contribution < -0.4 is 0 Å². The number of allylic oxidation sites excluding steroid dienone is 1. The van der Waals surface area contributed by atoms with Crippen LogP contribution in [0.15, 0.2) is 16.1 Å². The average Bonchev–Trinajstić information content (AvgIpc) is 3.51. The highest BCUT2D eigenvalue weighted by molar-refractivity contribution is 5.69. The Labute approximate surface area is 283 Å². The molecule has 5 rings (SSSR count). The van der Waals surface area contributed by atoms with E-state index >= 15 is 0 Å². The first-order valence-electron chi connectivity index (χ1n) is 19.9. The zero-order chi connectivity index (χ0) is 33.1. The number of carbonyl (C=O) groups is 1. The molecule has 8 atom stereocenters. The van der Waals surface area contributed by atoms with Gasteiger partial charge in [-0.15, -0.1) is 0 Å². The number of esters is 1. The molecule has 0 aliphatic heterocycles. The van der Waals surface area contributed by atoms with Crippen molar-refractivity contribution >= 4 is 5.97 Å². The fourth-order valence-electron chi connectivity index (χ4n) is 11.3. The largest absolute Gasteiger partial charge is 0.466 e. The Hall–Kier alpha value is -1.51. The second kappa shape index (κ2) is 15.4. The van der Waals surface area contributed by atoms with E-state index in [1.165, 1.54) is 93.9 Å². The lowest BCUT2D eigenvalue weighted by molar-refractivity contribution is -0.151. The fourth-order valence-corrected chi connectivity index (χ4v) is 11.3. The number of hydrogen-bond acceptors (Lipinski definition) is 3. The summed E-state index contributed by atoms with van der Waals surface area (Å²) in [6, 6.07) is 0. The maximum atomic E-state index is 12.9. The van der Waals surface area contributed by atoms with Crippen LogP contribution in [-0.4, -0.2) is 12.1 Å². The van der Waals surface area contributed by atoms with Gasteiger partial charge < -0.3 is 9.15 Å². The first-order valence-corrected chi connectivity index (χ1v) is 19.9. The quantitative estimate of drug-likeness (QED) is 0.109. The molecular weight excluding hydrogens is 564 g/mol. The van der Waals surface area contributed by atoms with Gasteiger partial charge in [0.15, 0.2) is 0 Å². The van der Waals surface area contributed by atoms with Crippen LogP contribution in [0.3, 0.4) is 0 Å². The van der Waals surface area contributed by atoms with Gasteiger partial charge in [-0.25, -0.2) is 0 Å². The first kappa shape index (κ1) is 35.8. The number of unbranched alkanes of at least 4 members (excludes halogenated alkanes) is 3. The van der Waals surface area contributed by atoms with Crippen LogP contribution in [0.4, 0.5) is 0 Å². The predicted molar refractivity (Wildman–Crippen MR) is 192 cm³/mol. The standard InChI is InChI=1S/C43H70O3/c1-9-10-11-17-39-31(5)32(6)40(46-39)18-12-13-19-41(44)45-34-24-26-42(7)33(28-34)20-21-35-37-23-22-36(30(4)16-14-15-29(2)3)43(37,8)27-25-38(35)42/h20,29-30,34-38H,9-19,21-28H2,1-8H3. The Morgan fingerprint density at radius 3 is 2.30 bits per heavy atom. The molecule has 0 bridgehead atoms. The Morgan fingerprint density at radius 2 is 1.61 bits per heavy atom. The van der Waals surface area contributed by atoms with E-state index in [2.05, 4.69) is 61.5 Å². The average molecular weight is 635 g/mol.